The average Bonchev–Trinajstić information content (AvgIpc) is 3.24. The molecule has 0 N–H and O–H groups in total. The van der Waals surface area contributed by atoms with Gasteiger partial charge in [0.15, 0.2) is 14.6 Å². The number of hydrogen-bond donors (Lipinski definition) is 0. The zero-order valence-electron chi connectivity index (χ0n) is 23.4. The molecule has 12 heteroatoms. The average molecular weight is 607 g/mol. The third-order valence-electron chi connectivity index (χ3n) is 6.78. The highest BCUT2D eigenvalue weighted by Crippen LogP contribution is 2.24. The zero-order chi connectivity index (χ0) is 29.2. The van der Waals surface area contributed by atoms with Crippen LogP contribution >= 0.6 is 22.9 Å². The molecule has 3 aromatic rings. The van der Waals surface area contributed by atoms with Gasteiger partial charge in [0, 0.05) is 62.8 Å². The van der Waals surface area contributed by atoms with E-state index in [1.165, 1.54) is 11.0 Å². The predicted molar refractivity (Wildman–Crippen MR) is 157 cm³/mol. The normalized spacial score (nSPS) is 17.4. The van der Waals surface area contributed by atoms with Crippen molar-refractivity contribution in [3.05, 3.63) is 57.3 Å². The zero-order valence-corrected chi connectivity index (χ0v) is 25.8. The van der Waals surface area contributed by atoms with E-state index in [2.05, 4.69) is 9.89 Å². The molecule has 1 atom stereocenters. The van der Waals surface area contributed by atoms with Crippen molar-refractivity contribution in [2.45, 2.75) is 50.3 Å². The molecule has 1 unspecified atom stereocenters. The van der Waals surface area contributed by atoms with E-state index < -0.39 is 27.4 Å². The minimum Gasteiger partial charge on any atom is -0.458 e. The van der Waals surface area contributed by atoms with Gasteiger partial charge in [0.1, 0.15) is 11.6 Å². The Kier molecular flexibility index (Phi) is 9.08. The first kappa shape index (κ1) is 30.2. The number of ether oxygens (including phenoxy) is 1. The van der Waals surface area contributed by atoms with Crippen molar-refractivity contribution in [3.63, 3.8) is 0 Å². The number of benzene rings is 2. The lowest BCUT2D eigenvalue weighted by Crippen LogP contribution is -2.59. The van der Waals surface area contributed by atoms with Crippen molar-refractivity contribution in [3.8, 4) is 0 Å². The second kappa shape index (κ2) is 12.0. The van der Waals surface area contributed by atoms with Crippen molar-refractivity contribution < 1.29 is 22.7 Å². The molecule has 1 aliphatic heterocycles. The lowest BCUT2D eigenvalue weighted by molar-refractivity contribution is -0.168. The molecule has 1 aliphatic rings. The number of esters is 1. The summed E-state index contributed by atoms with van der Waals surface area (Å²) < 4.78 is 34.0. The van der Waals surface area contributed by atoms with Crippen LogP contribution in [-0.2, 0) is 37.8 Å². The number of halogens is 1. The van der Waals surface area contributed by atoms with Gasteiger partial charge in [-0.05, 0) is 55.8 Å². The molecule has 2 heterocycles. The van der Waals surface area contributed by atoms with E-state index in [9.17, 15) is 18.0 Å². The number of sulfone groups is 1. The van der Waals surface area contributed by atoms with E-state index in [0.29, 0.717) is 24.7 Å². The molecule has 1 amide bonds. The van der Waals surface area contributed by atoms with Gasteiger partial charge in [0.2, 0.25) is 5.91 Å². The Labute approximate surface area is 243 Å². The third kappa shape index (κ3) is 7.12. The summed E-state index contributed by atoms with van der Waals surface area (Å²) in [5.74, 6) is -1.25. The largest absolute Gasteiger partial charge is 0.458 e. The molecule has 216 valence electrons. The van der Waals surface area contributed by atoms with E-state index in [4.69, 9.17) is 16.3 Å². The van der Waals surface area contributed by atoms with Crippen LogP contribution < -0.4 is 4.80 Å². The van der Waals surface area contributed by atoms with Gasteiger partial charge in [0.05, 0.1) is 10.6 Å². The third-order valence-corrected chi connectivity index (χ3v) is 9.78. The molecule has 2 aromatic carbocycles. The number of hydrogen-bond acceptors (Lipinski definition) is 8. The van der Waals surface area contributed by atoms with Crippen molar-refractivity contribution in [1.29, 1.82) is 0 Å². The van der Waals surface area contributed by atoms with Crippen LogP contribution in [0, 0.1) is 0 Å². The monoisotopic (exact) mass is 606 g/mol. The number of nitrogens with zero attached hydrogens (tertiary/aromatic N) is 4. The summed E-state index contributed by atoms with van der Waals surface area (Å²) in [5.41, 5.74) is 0.326. The summed E-state index contributed by atoms with van der Waals surface area (Å²) in [6.45, 7) is 7.05. The SMILES string of the molecule is CN=c1scc(CN2CCN(C(=O)CCS(=O)(=O)c3ccc4cc(Cl)ccc4c3)C(C(=O)OC(C)(C)C)C2)n1C. The molecule has 1 saturated heterocycles. The van der Waals surface area contributed by atoms with Crippen LogP contribution in [0.3, 0.4) is 0 Å². The molecule has 0 radical (unpaired) electrons. The number of carbonyl (C=O) groups excluding carboxylic acids is 2. The summed E-state index contributed by atoms with van der Waals surface area (Å²) >= 11 is 7.58. The molecular weight excluding hydrogens is 572 g/mol. The quantitative estimate of drug-likeness (QED) is 0.381. The summed E-state index contributed by atoms with van der Waals surface area (Å²) in [6.07, 6.45) is -0.235. The van der Waals surface area contributed by atoms with Crippen LogP contribution in [-0.4, -0.2) is 78.7 Å². The Balaban J connectivity index is 1.48. The van der Waals surface area contributed by atoms with Crippen molar-refractivity contribution in [1.82, 2.24) is 14.4 Å². The van der Waals surface area contributed by atoms with Crippen molar-refractivity contribution >= 4 is 55.4 Å². The molecule has 0 saturated carbocycles. The molecular formula is C28H35ClN4O5S2. The lowest BCUT2D eigenvalue weighted by atomic mass is 10.1. The van der Waals surface area contributed by atoms with E-state index >= 15 is 0 Å². The molecule has 1 fully saturated rings. The van der Waals surface area contributed by atoms with Gasteiger partial charge in [-0.2, -0.15) is 0 Å². The van der Waals surface area contributed by atoms with Crippen LogP contribution in [0.15, 0.2) is 51.7 Å². The van der Waals surface area contributed by atoms with Crippen LogP contribution in [0.5, 0.6) is 0 Å². The smallest absolute Gasteiger partial charge is 0.330 e. The maximum atomic E-state index is 13.4. The number of fused-ring (bicyclic) bond motifs is 1. The molecule has 0 spiro atoms. The first-order valence-corrected chi connectivity index (χ1v) is 15.9. The standard InChI is InChI=1S/C28H35ClN4O5S2/c1-28(2,3)38-26(35)24-17-32(16-22-18-39-27(30-4)31(22)5)11-12-33(24)25(34)10-13-40(36,37)23-9-7-19-14-21(29)8-6-20(19)15-23/h6-9,14-15,18,24H,10-13,16-17H2,1-5H3. The number of piperazine rings is 1. The second-order valence-corrected chi connectivity index (χ2v) is 14.3. The van der Waals surface area contributed by atoms with E-state index in [0.717, 1.165) is 21.3 Å². The highest BCUT2D eigenvalue weighted by molar-refractivity contribution is 7.91. The molecule has 4 rings (SSSR count). The fourth-order valence-electron chi connectivity index (χ4n) is 4.70. The lowest BCUT2D eigenvalue weighted by Gasteiger charge is -2.41. The second-order valence-electron chi connectivity index (χ2n) is 10.9. The number of rotatable bonds is 7. The topological polar surface area (TPSA) is 101 Å². The molecule has 0 bridgehead atoms. The number of aromatic nitrogens is 1. The van der Waals surface area contributed by atoms with Crippen molar-refractivity contribution in [2.24, 2.45) is 12.0 Å². The first-order chi connectivity index (χ1) is 18.8. The van der Waals surface area contributed by atoms with Gasteiger partial charge in [-0.1, -0.05) is 23.7 Å². The highest BCUT2D eigenvalue weighted by atomic mass is 35.5. The number of amides is 1. The van der Waals surface area contributed by atoms with Gasteiger partial charge in [-0.3, -0.25) is 14.7 Å². The fraction of sp³-hybridized carbons (Fsp3) is 0.464. The van der Waals surface area contributed by atoms with Gasteiger partial charge in [0.25, 0.3) is 0 Å². The highest BCUT2D eigenvalue weighted by Gasteiger charge is 2.38. The van der Waals surface area contributed by atoms with Crippen LogP contribution in [0.2, 0.25) is 5.02 Å². The summed E-state index contributed by atoms with van der Waals surface area (Å²) in [6, 6.07) is 9.23. The summed E-state index contributed by atoms with van der Waals surface area (Å²) in [4.78, 5) is 35.5. The van der Waals surface area contributed by atoms with Gasteiger partial charge in [-0.15, -0.1) is 11.3 Å². The number of thiazole rings is 1. The Morgan fingerprint density at radius 2 is 1.82 bits per heavy atom. The van der Waals surface area contributed by atoms with Crippen LogP contribution in [0.4, 0.5) is 0 Å². The van der Waals surface area contributed by atoms with Crippen molar-refractivity contribution in [2.75, 3.05) is 32.4 Å². The van der Waals surface area contributed by atoms with E-state index in [1.807, 2.05) is 17.0 Å². The van der Waals surface area contributed by atoms with Crippen LogP contribution in [0.25, 0.3) is 10.8 Å². The molecule has 0 aliphatic carbocycles. The Morgan fingerprint density at radius 3 is 2.50 bits per heavy atom. The van der Waals surface area contributed by atoms with E-state index in [1.54, 1.807) is 69.5 Å². The Hall–Kier alpha value is -2.73. The van der Waals surface area contributed by atoms with E-state index in [-0.39, 0.29) is 29.5 Å². The number of carbonyl (C=O) groups is 2. The summed E-state index contributed by atoms with van der Waals surface area (Å²) in [5, 5.41) is 4.18. The predicted octanol–water partition coefficient (Wildman–Crippen LogP) is 3.64. The molecule has 1 aromatic heterocycles. The van der Waals surface area contributed by atoms with Crippen LogP contribution in [0.1, 0.15) is 32.9 Å². The minimum absolute atomic E-state index is 0.144. The Bertz CT molecular complexity index is 1590. The summed E-state index contributed by atoms with van der Waals surface area (Å²) in [7, 11) is -0.0426. The maximum Gasteiger partial charge on any atom is 0.330 e. The molecule has 9 nitrogen and oxygen atoms in total. The van der Waals surface area contributed by atoms with Gasteiger partial charge in [-0.25, -0.2) is 13.2 Å². The molecule has 40 heavy (non-hydrogen) atoms. The first-order valence-electron chi connectivity index (χ1n) is 13.0. The minimum atomic E-state index is -3.74. The van der Waals surface area contributed by atoms with Gasteiger partial charge >= 0.3 is 5.97 Å². The van der Waals surface area contributed by atoms with Gasteiger partial charge < -0.3 is 14.2 Å². The Morgan fingerprint density at radius 1 is 1.12 bits per heavy atom. The maximum absolute atomic E-state index is 13.4. The fourth-order valence-corrected chi connectivity index (χ4v) is 7.00.